The number of piperidine rings is 1. The summed E-state index contributed by atoms with van der Waals surface area (Å²) in [5.41, 5.74) is 1.35. The number of hydrogen-bond donors (Lipinski definition) is 1. The van der Waals surface area contributed by atoms with Gasteiger partial charge in [-0.15, -0.1) is 11.8 Å². The number of benzene rings is 2. The molecule has 0 spiro atoms. The van der Waals surface area contributed by atoms with Gasteiger partial charge in [0.2, 0.25) is 0 Å². The Balaban J connectivity index is 1.69. The van der Waals surface area contributed by atoms with Gasteiger partial charge in [0, 0.05) is 29.7 Å². The summed E-state index contributed by atoms with van der Waals surface area (Å²) in [4.78, 5) is 15.7. The monoisotopic (exact) mass is 378 g/mol. The number of hydrogen-bond acceptors (Lipinski definition) is 3. The Morgan fingerprint density at radius 1 is 1.32 bits per heavy atom. The smallest absolute Gasteiger partial charge is 0.253 e. The Labute approximate surface area is 156 Å². The average Bonchev–Trinajstić information content (AvgIpc) is 2.62. The van der Waals surface area contributed by atoms with Crippen molar-refractivity contribution in [1.82, 2.24) is 5.32 Å². The second-order valence-corrected chi connectivity index (χ2v) is 7.37. The number of carbonyl (C=O) groups excluding carboxylic acids is 1. The van der Waals surface area contributed by atoms with Gasteiger partial charge in [-0.1, -0.05) is 17.7 Å². The summed E-state index contributed by atoms with van der Waals surface area (Å²) in [5.74, 6) is -0.406. The summed E-state index contributed by atoms with van der Waals surface area (Å²) in [6.45, 7) is 1.52. The predicted octanol–water partition coefficient (Wildman–Crippen LogP) is 4.60. The molecule has 2 aromatic carbocycles. The van der Waals surface area contributed by atoms with Crippen LogP contribution in [0.2, 0.25) is 5.02 Å². The van der Waals surface area contributed by atoms with Crippen LogP contribution >= 0.6 is 23.4 Å². The quantitative estimate of drug-likeness (QED) is 0.789. The van der Waals surface area contributed by atoms with Gasteiger partial charge < -0.3 is 10.2 Å². The molecule has 0 saturated carbocycles. The summed E-state index contributed by atoms with van der Waals surface area (Å²) in [6.07, 6.45) is 3.81. The largest absolute Gasteiger partial charge is 0.369 e. The van der Waals surface area contributed by atoms with Crippen LogP contribution in [0.25, 0.3) is 0 Å². The lowest BCUT2D eigenvalue weighted by atomic mass is 10.0. The second kappa shape index (κ2) is 8.11. The summed E-state index contributed by atoms with van der Waals surface area (Å²) < 4.78 is 13.5. The van der Waals surface area contributed by atoms with Crippen molar-refractivity contribution in [3.8, 4) is 0 Å². The van der Waals surface area contributed by atoms with Crippen molar-refractivity contribution in [2.24, 2.45) is 0 Å². The third-order valence-electron chi connectivity index (χ3n) is 4.35. The Hall–Kier alpha value is -1.72. The van der Waals surface area contributed by atoms with Gasteiger partial charge in [0.15, 0.2) is 0 Å². The zero-order valence-electron chi connectivity index (χ0n) is 14.0. The van der Waals surface area contributed by atoms with Crippen molar-refractivity contribution in [2.75, 3.05) is 24.2 Å². The normalized spacial score (nSPS) is 17.4. The Morgan fingerprint density at radius 3 is 2.92 bits per heavy atom. The number of anilines is 1. The molecule has 1 aliphatic heterocycles. The topological polar surface area (TPSA) is 32.3 Å². The van der Waals surface area contributed by atoms with Crippen LogP contribution in [0, 0.1) is 5.82 Å². The number of nitrogens with one attached hydrogen (secondary N) is 1. The molecule has 1 saturated heterocycles. The van der Waals surface area contributed by atoms with Gasteiger partial charge in [-0.25, -0.2) is 4.39 Å². The SMILES string of the molecule is CSc1ccc(Cl)c(C(=O)NC2CCCN(c3cccc(F)c3)C2)c1. The predicted molar refractivity (Wildman–Crippen MR) is 102 cm³/mol. The van der Waals surface area contributed by atoms with Crippen molar-refractivity contribution in [2.45, 2.75) is 23.8 Å². The number of rotatable bonds is 4. The number of amides is 1. The maximum Gasteiger partial charge on any atom is 0.253 e. The first kappa shape index (κ1) is 18.1. The fourth-order valence-corrected chi connectivity index (χ4v) is 3.71. The summed E-state index contributed by atoms with van der Waals surface area (Å²) >= 11 is 7.76. The third-order valence-corrected chi connectivity index (χ3v) is 5.40. The lowest BCUT2D eigenvalue weighted by molar-refractivity contribution is 0.0933. The molecule has 0 aromatic heterocycles. The highest BCUT2D eigenvalue weighted by molar-refractivity contribution is 7.98. The summed E-state index contributed by atoms with van der Waals surface area (Å²) in [7, 11) is 0. The summed E-state index contributed by atoms with van der Waals surface area (Å²) in [5, 5.41) is 3.53. The van der Waals surface area contributed by atoms with E-state index in [-0.39, 0.29) is 17.8 Å². The lowest BCUT2D eigenvalue weighted by Crippen LogP contribution is -2.47. The number of thioether (sulfide) groups is 1. The van der Waals surface area contributed by atoms with Gasteiger partial charge in [-0.3, -0.25) is 4.79 Å². The first-order valence-electron chi connectivity index (χ1n) is 8.22. The first-order chi connectivity index (χ1) is 12.1. The molecule has 1 aliphatic rings. The van der Waals surface area contributed by atoms with Gasteiger partial charge in [0.05, 0.1) is 10.6 Å². The van der Waals surface area contributed by atoms with Crippen molar-refractivity contribution >= 4 is 35.0 Å². The van der Waals surface area contributed by atoms with Crippen LogP contribution in [-0.2, 0) is 0 Å². The van der Waals surface area contributed by atoms with E-state index < -0.39 is 0 Å². The van der Waals surface area contributed by atoms with Crippen LogP contribution in [0.15, 0.2) is 47.4 Å². The Bertz CT molecular complexity index is 771. The molecule has 2 aromatic rings. The molecule has 1 heterocycles. The van der Waals surface area contributed by atoms with Crippen LogP contribution in [0.1, 0.15) is 23.2 Å². The Morgan fingerprint density at radius 2 is 2.16 bits per heavy atom. The molecule has 0 bridgehead atoms. The van der Waals surface area contributed by atoms with Crippen LogP contribution in [-0.4, -0.2) is 31.3 Å². The van der Waals surface area contributed by atoms with E-state index in [1.165, 1.54) is 12.1 Å². The van der Waals surface area contributed by atoms with Crippen molar-refractivity contribution in [3.63, 3.8) is 0 Å². The van der Waals surface area contributed by atoms with Gasteiger partial charge in [-0.05, 0) is 55.5 Å². The van der Waals surface area contributed by atoms with E-state index in [1.54, 1.807) is 23.9 Å². The number of nitrogens with zero attached hydrogens (tertiary/aromatic N) is 1. The molecule has 1 atom stereocenters. The molecular formula is C19H20ClFN2OS. The molecule has 1 fully saturated rings. The van der Waals surface area contributed by atoms with Gasteiger partial charge in [0.25, 0.3) is 5.91 Å². The van der Waals surface area contributed by atoms with E-state index >= 15 is 0 Å². The highest BCUT2D eigenvalue weighted by Crippen LogP contribution is 2.24. The van der Waals surface area contributed by atoms with Crippen LogP contribution in [0.3, 0.4) is 0 Å². The number of carbonyl (C=O) groups is 1. The van der Waals surface area contributed by atoms with E-state index in [0.29, 0.717) is 17.1 Å². The highest BCUT2D eigenvalue weighted by atomic mass is 35.5. The van der Waals surface area contributed by atoms with E-state index in [9.17, 15) is 9.18 Å². The fraction of sp³-hybridized carbons (Fsp3) is 0.316. The number of halogens is 2. The van der Waals surface area contributed by atoms with Gasteiger partial charge >= 0.3 is 0 Å². The van der Waals surface area contributed by atoms with Crippen molar-refractivity contribution in [1.29, 1.82) is 0 Å². The maximum atomic E-state index is 13.5. The molecule has 3 nitrogen and oxygen atoms in total. The molecule has 6 heteroatoms. The molecule has 0 radical (unpaired) electrons. The minimum absolute atomic E-state index is 0.0125. The molecule has 0 aliphatic carbocycles. The van der Waals surface area contributed by atoms with Crippen molar-refractivity contribution < 1.29 is 9.18 Å². The van der Waals surface area contributed by atoms with E-state index in [2.05, 4.69) is 10.2 Å². The zero-order valence-corrected chi connectivity index (χ0v) is 15.5. The molecule has 3 rings (SSSR count). The van der Waals surface area contributed by atoms with Crippen molar-refractivity contribution in [3.05, 3.63) is 58.9 Å². The molecule has 1 amide bonds. The molecular weight excluding hydrogens is 359 g/mol. The highest BCUT2D eigenvalue weighted by Gasteiger charge is 2.23. The third kappa shape index (κ3) is 4.47. The van der Waals surface area contributed by atoms with Crippen LogP contribution in [0.5, 0.6) is 0 Å². The Kier molecular flexibility index (Phi) is 5.86. The molecule has 1 N–H and O–H groups in total. The standard InChI is InChI=1S/C19H20ClFN2OS/c1-25-16-7-8-18(20)17(11-16)19(24)22-14-5-3-9-23(12-14)15-6-2-4-13(21)10-15/h2,4,6-8,10-11,14H,3,5,9,12H2,1H3,(H,22,24). The summed E-state index contributed by atoms with van der Waals surface area (Å²) in [6, 6.07) is 12.1. The van der Waals surface area contributed by atoms with Gasteiger partial charge in [-0.2, -0.15) is 0 Å². The second-order valence-electron chi connectivity index (χ2n) is 6.08. The maximum absolute atomic E-state index is 13.5. The van der Waals surface area contributed by atoms with E-state index in [0.717, 1.165) is 30.0 Å². The van der Waals surface area contributed by atoms with Crippen LogP contribution < -0.4 is 10.2 Å². The molecule has 132 valence electrons. The minimum atomic E-state index is -0.246. The molecule has 1 unspecified atom stereocenters. The average molecular weight is 379 g/mol. The van der Waals surface area contributed by atoms with E-state index in [4.69, 9.17) is 11.6 Å². The van der Waals surface area contributed by atoms with Gasteiger partial charge in [0.1, 0.15) is 5.82 Å². The lowest BCUT2D eigenvalue weighted by Gasteiger charge is -2.34. The molecule has 25 heavy (non-hydrogen) atoms. The fourth-order valence-electron chi connectivity index (χ4n) is 3.07. The first-order valence-corrected chi connectivity index (χ1v) is 9.82. The van der Waals surface area contributed by atoms with Crippen LogP contribution in [0.4, 0.5) is 10.1 Å². The zero-order chi connectivity index (χ0) is 17.8. The minimum Gasteiger partial charge on any atom is -0.369 e. The van der Waals surface area contributed by atoms with E-state index in [1.807, 2.05) is 24.5 Å².